The van der Waals surface area contributed by atoms with E-state index in [1.165, 1.54) is 11.4 Å². The fourth-order valence-corrected chi connectivity index (χ4v) is 3.29. The zero-order chi connectivity index (χ0) is 15.3. The van der Waals surface area contributed by atoms with E-state index in [9.17, 15) is 18.0 Å². The van der Waals surface area contributed by atoms with Gasteiger partial charge in [-0.3, -0.25) is 9.59 Å². The summed E-state index contributed by atoms with van der Waals surface area (Å²) in [5.41, 5.74) is 0. The average Bonchev–Trinajstić information content (AvgIpc) is 2.82. The highest BCUT2D eigenvalue weighted by Gasteiger charge is 2.36. The molecule has 1 fully saturated rings. The van der Waals surface area contributed by atoms with Gasteiger partial charge in [0, 0.05) is 20.2 Å². The molecule has 1 saturated heterocycles. The van der Waals surface area contributed by atoms with Gasteiger partial charge in [-0.15, -0.1) is 0 Å². The summed E-state index contributed by atoms with van der Waals surface area (Å²) in [5, 5.41) is 11.2. The first-order valence-corrected chi connectivity index (χ1v) is 8.09. The van der Waals surface area contributed by atoms with E-state index >= 15 is 0 Å². The molecular weight excluding hydrogens is 288 g/mol. The number of carboxylic acid groups (broad SMARTS) is 1. The van der Waals surface area contributed by atoms with Gasteiger partial charge in [-0.2, -0.15) is 4.31 Å². The normalized spacial score (nSPS) is 21.6. The summed E-state index contributed by atoms with van der Waals surface area (Å²) in [6, 6.07) is -0.715. The van der Waals surface area contributed by atoms with Crippen LogP contribution in [0.4, 0.5) is 0 Å². The number of carbonyl (C=O) groups is 2. The molecule has 0 bridgehead atoms. The highest BCUT2D eigenvalue weighted by Crippen LogP contribution is 2.20. The Balaban J connectivity index is 2.56. The van der Waals surface area contributed by atoms with Crippen LogP contribution in [0, 0.1) is 0 Å². The summed E-state index contributed by atoms with van der Waals surface area (Å²) in [6.07, 6.45) is 1.31. The number of ether oxygens (including phenoxy) is 1. The van der Waals surface area contributed by atoms with E-state index in [2.05, 4.69) is 5.32 Å². The molecular formula is C11H20N2O6S. The van der Waals surface area contributed by atoms with E-state index in [0.29, 0.717) is 19.4 Å². The lowest BCUT2D eigenvalue weighted by Crippen LogP contribution is -2.47. The molecule has 0 radical (unpaired) electrons. The average molecular weight is 308 g/mol. The van der Waals surface area contributed by atoms with E-state index in [1.54, 1.807) is 0 Å². The maximum absolute atomic E-state index is 12.0. The second kappa shape index (κ2) is 7.00. The van der Waals surface area contributed by atoms with Crippen molar-refractivity contribution in [2.75, 3.05) is 26.5 Å². The van der Waals surface area contributed by atoms with Crippen LogP contribution >= 0.6 is 0 Å². The number of nitrogens with zero attached hydrogens (tertiary/aromatic N) is 1. The number of carbonyl (C=O) groups excluding carboxylic acids is 1. The molecule has 0 aromatic rings. The zero-order valence-electron chi connectivity index (χ0n) is 11.5. The summed E-state index contributed by atoms with van der Waals surface area (Å²) in [5.74, 6) is -1.44. The SMILES string of the molecule is COC(CNC(=O)C1CCCN1S(C)(=O)=O)CC(=O)O. The largest absolute Gasteiger partial charge is 0.481 e. The van der Waals surface area contributed by atoms with Crippen LogP contribution in [0.25, 0.3) is 0 Å². The Labute approximate surface area is 118 Å². The second-order valence-corrected chi connectivity index (χ2v) is 6.67. The second-order valence-electron chi connectivity index (χ2n) is 4.73. The molecule has 1 rings (SSSR count). The predicted octanol–water partition coefficient (Wildman–Crippen LogP) is -0.984. The summed E-state index contributed by atoms with van der Waals surface area (Å²) < 4.78 is 29.2. The van der Waals surface area contributed by atoms with Crippen LogP contribution in [0.5, 0.6) is 0 Å². The molecule has 2 unspecified atom stereocenters. The van der Waals surface area contributed by atoms with Crippen molar-refractivity contribution in [1.29, 1.82) is 0 Å². The molecule has 1 aliphatic rings. The molecule has 1 amide bonds. The number of sulfonamides is 1. The van der Waals surface area contributed by atoms with Crippen LogP contribution in [0.15, 0.2) is 0 Å². The maximum Gasteiger partial charge on any atom is 0.306 e. The number of methoxy groups -OCH3 is 1. The van der Waals surface area contributed by atoms with Crippen molar-refractivity contribution >= 4 is 21.9 Å². The molecule has 1 aliphatic heterocycles. The van der Waals surface area contributed by atoms with Gasteiger partial charge in [0.05, 0.1) is 18.8 Å². The highest BCUT2D eigenvalue weighted by atomic mass is 32.2. The summed E-state index contributed by atoms with van der Waals surface area (Å²) in [7, 11) is -2.05. The van der Waals surface area contributed by atoms with E-state index < -0.39 is 34.0 Å². The fraction of sp³-hybridized carbons (Fsp3) is 0.818. The van der Waals surface area contributed by atoms with Crippen molar-refractivity contribution < 1.29 is 27.9 Å². The third-order valence-corrected chi connectivity index (χ3v) is 4.46. The van der Waals surface area contributed by atoms with E-state index in [0.717, 1.165) is 6.26 Å². The lowest BCUT2D eigenvalue weighted by Gasteiger charge is -2.22. The Kier molecular flexibility index (Phi) is 5.90. The van der Waals surface area contributed by atoms with Crippen LogP contribution < -0.4 is 5.32 Å². The first-order chi connectivity index (χ1) is 9.25. The molecule has 0 aromatic heterocycles. The molecule has 0 aromatic carbocycles. The van der Waals surface area contributed by atoms with Crippen molar-refractivity contribution in [3.05, 3.63) is 0 Å². The fourth-order valence-electron chi connectivity index (χ4n) is 2.16. The molecule has 8 nitrogen and oxygen atoms in total. The first kappa shape index (κ1) is 16.9. The lowest BCUT2D eigenvalue weighted by molar-refractivity contribution is -0.140. The minimum absolute atomic E-state index is 0.0374. The Morgan fingerprint density at radius 1 is 1.50 bits per heavy atom. The smallest absolute Gasteiger partial charge is 0.306 e. The van der Waals surface area contributed by atoms with Gasteiger partial charge in [0.1, 0.15) is 6.04 Å². The summed E-state index contributed by atoms with van der Waals surface area (Å²) in [4.78, 5) is 22.6. The number of rotatable bonds is 7. The molecule has 0 aliphatic carbocycles. The number of aliphatic carboxylic acids is 1. The maximum atomic E-state index is 12.0. The van der Waals surface area contributed by atoms with Gasteiger partial charge in [-0.05, 0) is 12.8 Å². The van der Waals surface area contributed by atoms with E-state index in [-0.39, 0.29) is 13.0 Å². The number of amides is 1. The quantitative estimate of drug-likeness (QED) is 0.625. The third kappa shape index (κ3) is 4.73. The molecule has 20 heavy (non-hydrogen) atoms. The van der Waals surface area contributed by atoms with E-state index in [4.69, 9.17) is 9.84 Å². The van der Waals surface area contributed by atoms with Crippen LogP contribution in [-0.2, 0) is 24.3 Å². The standard InChI is InChI=1S/C11H20N2O6S/c1-19-8(6-10(14)15)7-12-11(16)9-4-3-5-13(9)20(2,17)18/h8-9H,3-7H2,1-2H3,(H,12,16)(H,14,15). The Morgan fingerprint density at radius 2 is 2.15 bits per heavy atom. The topological polar surface area (TPSA) is 113 Å². The summed E-state index contributed by atoms with van der Waals surface area (Å²) in [6.45, 7) is 0.371. The Bertz CT molecular complexity index is 464. The van der Waals surface area contributed by atoms with Crippen LogP contribution in [0.3, 0.4) is 0 Å². The van der Waals surface area contributed by atoms with Crippen molar-refractivity contribution in [1.82, 2.24) is 9.62 Å². The van der Waals surface area contributed by atoms with Crippen molar-refractivity contribution in [3.63, 3.8) is 0 Å². The number of nitrogens with one attached hydrogen (secondary N) is 1. The van der Waals surface area contributed by atoms with Gasteiger partial charge in [-0.1, -0.05) is 0 Å². The number of carboxylic acids is 1. The first-order valence-electron chi connectivity index (χ1n) is 6.24. The van der Waals surface area contributed by atoms with Crippen LogP contribution in [0.2, 0.25) is 0 Å². The molecule has 2 atom stereocenters. The number of hydrogen-bond acceptors (Lipinski definition) is 5. The zero-order valence-corrected chi connectivity index (χ0v) is 12.4. The molecule has 0 spiro atoms. The Hall–Kier alpha value is -1.19. The van der Waals surface area contributed by atoms with Gasteiger partial charge in [-0.25, -0.2) is 8.42 Å². The minimum atomic E-state index is -3.41. The monoisotopic (exact) mass is 308 g/mol. The van der Waals surface area contributed by atoms with Gasteiger partial charge in [0.2, 0.25) is 15.9 Å². The van der Waals surface area contributed by atoms with Gasteiger partial charge in [0.15, 0.2) is 0 Å². The molecule has 2 N–H and O–H groups in total. The van der Waals surface area contributed by atoms with Gasteiger partial charge < -0.3 is 15.2 Å². The molecule has 9 heteroatoms. The predicted molar refractivity (Wildman–Crippen MR) is 70.6 cm³/mol. The van der Waals surface area contributed by atoms with Gasteiger partial charge >= 0.3 is 5.97 Å². The van der Waals surface area contributed by atoms with Crippen molar-refractivity contribution in [3.8, 4) is 0 Å². The highest BCUT2D eigenvalue weighted by molar-refractivity contribution is 7.88. The van der Waals surface area contributed by atoms with E-state index in [1.807, 2.05) is 0 Å². The summed E-state index contributed by atoms with van der Waals surface area (Å²) >= 11 is 0. The molecule has 1 heterocycles. The minimum Gasteiger partial charge on any atom is -0.481 e. The Morgan fingerprint density at radius 3 is 2.65 bits per heavy atom. The lowest BCUT2D eigenvalue weighted by atomic mass is 10.2. The van der Waals surface area contributed by atoms with Crippen LogP contribution in [-0.4, -0.2) is 68.3 Å². The van der Waals surface area contributed by atoms with Crippen molar-refractivity contribution in [2.45, 2.75) is 31.4 Å². The molecule has 0 saturated carbocycles. The third-order valence-electron chi connectivity index (χ3n) is 3.17. The van der Waals surface area contributed by atoms with Gasteiger partial charge in [0.25, 0.3) is 0 Å². The van der Waals surface area contributed by atoms with Crippen molar-refractivity contribution in [2.24, 2.45) is 0 Å². The number of hydrogen-bond donors (Lipinski definition) is 2. The van der Waals surface area contributed by atoms with Crippen LogP contribution in [0.1, 0.15) is 19.3 Å². The molecule has 116 valence electrons.